The van der Waals surface area contributed by atoms with Crippen LogP contribution in [0.25, 0.3) is 0 Å². The molecule has 0 aromatic heterocycles. The van der Waals surface area contributed by atoms with Crippen molar-refractivity contribution in [3.63, 3.8) is 0 Å². The molecule has 1 heterocycles. The molecule has 0 aliphatic carbocycles. The number of hydrogen-bond acceptors (Lipinski definition) is 3. The van der Waals surface area contributed by atoms with E-state index in [0.717, 1.165) is 17.9 Å². The molecule has 3 heteroatoms. The van der Waals surface area contributed by atoms with Gasteiger partial charge in [-0.05, 0) is 52.2 Å². The second-order valence-corrected chi connectivity index (χ2v) is 7.93. The van der Waals surface area contributed by atoms with Crippen LogP contribution in [-0.4, -0.2) is 73.1 Å². The minimum Gasteiger partial charge on any atom is -0.304 e. The van der Waals surface area contributed by atoms with Gasteiger partial charge in [0.2, 0.25) is 0 Å². The normalized spacial score (nSPS) is 22.1. The second kappa shape index (κ2) is 9.12. The first-order chi connectivity index (χ1) is 9.81. The standard InChI is InChI=1S/C18H39N3/c1-15(2)13-20-11-12-21(18(14-20)16(3)4)10-8-9-19(7)17(5)6/h15-18H,8-14H2,1-7H3/t18-/m0/s1. The van der Waals surface area contributed by atoms with Crippen molar-refractivity contribution in [2.24, 2.45) is 11.8 Å². The summed E-state index contributed by atoms with van der Waals surface area (Å²) in [7, 11) is 2.24. The average molecular weight is 298 g/mol. The summed E-state index contributed by atoms with van der Waals surface area (Å²) in [5, 5.41) is 0. The van der Waals surface area contributed by atoms with Crippen molar-refractivity contribution in [3.05, 3.63) is 0 Å². The quantitative estimate of drug-likeness (QED) is 0.682. The fourth-order valence-corrected chi connectivity index (χ4v) is 3.28. The van der Waals surface area contributed by atoms with Gasteiger partial charge in [0.15, 0.2) is 0 Å². The highest BCUT2D eigenvalue weighted by atomic mass is 15.3. The van der Waals surface area contributed by atoms with Gasteiger partial charge < -0.3 is 9.80 Å². The van der Waals surface area contributed by atoms with E-state index >= 15 is 0 Å². The molecule has 0 spiro atoms. The van der Waals surface area contributed by atoms with Gasteiger partial charge in [-0.2, -0.15) is 0 Å². The zero-order chi connectivity index (χ0) is 16.0. The molecule has 1 aliphatic heterocycles. The monoisotopic (exact) mass is 297 g/mol. The van der Waals surface area contributed by atoms with E-state index in [4.69, 9.17) is 0 Å². The fourth-order valence-electron chi connectivity index (χ4n) is 3.28. The van der Waals surface area contributed by atoms with Gasteiger partial charge in [-0.1, -0.05) is 27.7 Å². The minimum atomic E-state index is 0.661. The summed E-state index contributed by atoms with van der Waals surface area (Å²) >= 11 is 0. The fraction of sp³-hybridized carbons (Fsp3) is 1.00. The van der Waals surface area contributed by atoms with Crippen LogP contribution in [0.4, 0.5) is 0 Å². The highest BCUT2D eigenvalue weighted by Gasteiger charge is 2.28. The maximum Gasteiger partial charge on any atom is 0.0246 e. The molecule has 1 aliphatic rings. The Bertz CT molecular complexity index is 276. The SMILES string of the molecule is CC(C)CN1CCN(CCCN(C)C(C)C)[C@H](C(C)C)C1. The lowest BCUT2D eigenvalue weighted by molar-refractivity contribution is 0.0416. The van der Waals surface area contributed by atoms with Crippen LogP contribution < -0.4 is 0 Å². The molecule has 0 unspecified atom stereocenters. The molecule has 0 N–H and O–H groups in total. The third-order valence-electron chi connectivity index (χ3n) is 4.85. The predicted molar refractivity (Wildman–Crippen MR) is 93.9 cm³/mol. The Morgan fingerprint density at radius 1 is 1.05 bits per heavy atom. The largest absolute Gasteiger partial charge is 0.304 e. The average Bonchev–Trinajstić information content (AvgIpc) is 2.38. The molecule has 0 aromatic rings. The molecule has 0 radical (unpaired) electrons. The van der Waals surface area contributed by atoms with E-state index in [1.165, 1.54) is 45.7 Å². The summed E-state index contributed by atoms with van der Waals surface area (Å²) in [5.74, 6) is 1.53. The Kier molecular flexibility index (Phi) is 8.22. The van der Waals surface area contributed by atoms with Gasteiger partial charge in [-0.3, -0.25) is 4.90 Å². The van der Waals surface area contributed by atoms with Gasteiger partial charge in [-0.15, -0.1) is 0 Å². The molecule has 3 nitrogen and oxygen atoms in total. The first-order valence-electron chi connectivity index (χ1n) is 8.97. The lowest BCUT2D eigenvalue weighted by atomic mass is 9.98. The Labute approximate surface area is 133 Å². The van der Waals surface area contributed by atoms with E-state index < -0.39 is 0 Å². The van der Waals surface area contributed by atoms with Crippen LogP contribution in [0.3, 0.4) is 0 Å². The van der Waals surface area contributed by atoms with Gasteiger partial charge in [-0.25, -0.2) is 0 Å². The number of hydrogen-bond donors (Lipinski definition) is 0. The molecule has 0 aromatic carbocycles. The van der Waals surface area contributed by atoms with Gasteiger partial charge in [0, 0.05) is 38.3 Å². The summed E-state index contributed by atoms with van der Waals surface area (Å²) in [5.41, 5.74) is 0. The second-order valence-electron chi connectivity index (χ2n) is 7.93. The molecular weight excluding hydrogens is 258 g/mol. The number of nitrogens with zero attached hydrogens (tertiary/aromatic N) is 3. The maximum atomic E-state index is 2.75. The van der Waals surface area contributed by atoms with Crippen LogP contribution in [0.2, 0.25) is 0 Å². The van der Waals surface area contributed by atoms with Gasteiger partial charge in [0.05, 0.1) is 0 Å². The van der Waals surface area contributed by atoms with Crippen LogP contribution in [0.15, 0.2) is 0 Å². The molecule has 1 fully saturated rings. The molecule has 1 atom stereocenters. The molecule has 0 bridgehead atoms. The number of piperazine rings is 1. The van der Waals surface area contributed by atoms with Crippen molar-refractivity contribution < 1.29 is 0 Å². The van der Waals surface area contributed by atoms with Gasteiger partial charge in [0.25, 0.3) is 0 Å². The smallest absolute Gasteiger partial charge is 0.0246 e. The lowest BCUT2D eigenvalue weighted by Crippen LogP contribution is -2.56. The van der Waals surface area contributed by atoms with E-state index in [2.05, 4.69) is 63.3 Å². The van der Waals surface area contributed by atoms with Crippen LogP contribution >= 0.6 is 0 Å². The molecular formula is C18H39N3. The topological polar surface area (TPSA) is 9.72 Å². The summed E-state index contributed by atoms with van der Waals surface area (Å²) in [6, 6.07) is 1.40. The first kappa shape index (κ1) is 18.9. The zero-order valence-corrected chi connectivity index (χ0v) is 15.6. The van der Waals surface area contributed by atoms with Crippen LogP contribution in [0.1, 0.15) is 48.0 Å². The van der Waals surface area contributed by atoms with E-state index in [1.807, 2.05) is 0 Å². The van der Waals surface area contributed by atoms with Crippen molar-refractivity contribution >= 4 is 0 Å². The zero-order valence-electron chi connectivity index (χ0n) is 15.6. The van der Waals surface area contributed by atoms with Crippen molar-refractivity contribution in [2.75, 3.05) is 46.3 Å². The highest BCUT2D eigenvalue weighted by molar-refractivity contribution is 4.84. The molecule has 0 amide bonds. The van der Waals surface area contributed by atoms with Crippen molar-refractivity contribution in [3.8, 4) is 0 Å². The van der Waals surface area contributed by atoms with E-state index in [1.54, 1.807) is 0 Å². The maximum absolute atomic E-state index is 2.75. The minimum absolute atomic E-state index is 0.661. The molecule has 1 rings (SSSR count). The summed E-state index contributed by atoms with van der Waals surface area (Å²) < 4.78 is 0. The third kappa shape index (κ3) is 6.66. The van der Waals surface area contributed by atoms with Crippen molar-refractivity contribution in [2.45, 2.75) is 60.0 Å². The highest BCUT2D eigenvalue weighted by Crippen LogP contribution is 2.18. The summed E-state index contributed by atoms with van der Waals surface area (Å²) in [6.07, 6.45) is 1.29. The molecule has 21 heavy (non-hydrogen) atoms. The molecule has 0 saturated carbocycles. The molecule has 1 saturated heterocycles. The van der Waals surface area contributed by atoms with Crippen molar-refractivity contribution in [1.29, 1.82) is 0 Å². The van der Waals surface area contributed by atoms with Gasteiger partial charge >= 0.3 is 0 Å². The Morgan fingerprint density at radius 2 is 1.71 bits per heavy atom. The summed E-state index contributed by atoms with van der Waals surface area (Å²) in [4.78, 5) is 7.88. The van der Waals surface area contributed by atoms with E-state index in [0.29, 0.717) is 6.04 Å². The molecule has 126 valence electrons. The van der Waals surface area contributed by atoms with Crippen molar-refractivity contribution in [1.82, 2.24) is 14.7 Å². The number of rotatable bonds is 8. The first-order valence-corrected chi connectivity index (χ1v) is 8.97. The predicted octanol–water partition coefficient (Wildman–Crippen LogP) is 3.01. The van der Waals surface area contributed by atoms with E-state index in [-0.39, 0.29) is 0 Å². The lowest BCUT2D eigenvalue weighted by Gasteiger charge is -2.44. The van der Waals surface area contributed by atoms with Gasteiger partial charge in [0.1, 0.15) is 0 Å². The third-order valence-corrected chi connectivity index (χ3v) is 4.85. The van der Waals surface area contributed by atoms with Crippen LogP contribution in [-0.2, 0) is 0 Å². The van der Waals surface area contributed by atoms with Crippen LogP contribution in [0, 0.1) is 11.8 Å². The Balaban J connectivity index is 2.43. The van der Waals surface area contributed by atoms with E-state index in [9.17, 15) is 0 Å². The Hall–Kier alpha value is -0.120. The van der Waals surface area contributed by atoms with Crippen LogP contribution in [0.5, 0.6) is 0 Å². The summed E-state index contributed by atoms with van der Waals surface area (Å²) in [6.45, 7) is 21.5. The Morgan fingerprint density at radius 3 is 2.24 bits per heavy atom.